The minimum Gasteiger partial charge on any atom is -0.497 e. The maximum atomic E-state index is 5.38. The van der Waals surface area contributed by atoms with Crippen LogP contribution in [0.25, 0.3) is 0 Å². The predicted molar refractivity (Wildman–Crippen MR) is 89.7 cm³/mol. The molecule has 1 aromatic rings. The van der Waals surface area contributed by atoms with E-state index in [1.54, 1.807) is 7.11 Å². The summed E-state index contributed by atoms with van der Waals surface area (Å²) in [6.45, 7) is 7.89. The Balaban J connectivity index is 1.83. The van der Waals surface area contributed by atoms with Gasteiger partial charge in [0, 0.05) is 35.7 Å². The molecule has 1 aliphatic carbocycles. The second kappa shape index (κ2) is 5.90. The first-order valence-corrected chi connectivity index (χ1v) is 8.63. The van der Waals surface area contributed by atoms with Gasteiger partial charge in [-0.05, 0) is 56.4 Å². The molecule has 0 amide bonds. The van der Waals surface area contributed by atoms with Crippen LogP contribution in [0.5, 0.6) is 5.75 Å². The lowest BCUT2D eigenvalue weighted by Crippen LogP contribution is -2.63. The average molecular weight is 353 g/mol. The molecule has 1 saturated carbocycles. The molecule has 1 aromatic carbocycles. The molecular weight excluding hydrogens is 328 g/mol. The van der Waals surface area contributed by atoms with E-state index < -0.39 is 0 Å². The first-order chi connectivity index (χ1) is 10.0. The number of nitrogens with zero attached hydrogens (tertiary/aromatic N) is 1. The van der Waals surface area contributed by atoms with Crippen molar-refractivity contribution in [3.8, 4) is 5.75 Å². The molecule has 1 saturated heterocycles. The smallest absolute Gasteiger partial charge is 0.119 e. The fourth-order valence-corrected chi connectivity index (χ4v) is 3.83. The highest BCUT2D eigenvalue weighted by atomic mass is 79.9. The number of halogens is 1. The van der Waals surface area contributed by atoms with Crippen LogP contribution in [0.1, 0.15) is 32.3 Å². The highest BCUT2D eigenvalue weighted by molar-refractivity contribution is 9.10. The van der Waals surface area contributed by atoms with Crippen LogP contribution in [-0.2, 0) is 6.54 Å². The molecule has 1 aliphatic heterocycles. The lowest BCUT2D eigenvalue weighted by Gasteiger charge is -2.48. The van der Waals surface area contributed by atoms with E-state index in [0.717, 1.165) is 31.3 Å². The van der Waals surface area contributed by atoms with Crippen LogP contribution < -0.4 is 10.1 Å². The third kappa shape index (κ3) is 3.13. The Labute approximate surface area is 136 Å². The normalized spacial score (nSPS) is 30.4. The van der Waals surface area contributed by atoms with Crippen LogP contribution in [0, 0.1) is 5.92 Å². The summed E-state index contributed by atoms with van der Waals surface area (Å²) >= 11 is 3.69. The fourth-order valence-electron chi connectivity index (χ4n) is 3.45. The third-order valence-corrected chi connectivity index (χ3v) is 5.87. The summed E-state index contributed by atoms with van der Waals surface area (Å²) in [6, 6.07) is 6.81. The molecule has 3 nitrogen and oxygen atoms in total. The second-order valence-electron chi connectivity index (χ2n) is 6.75. The Morgan fingerprint density at radius 1 is 1.43 bits per heavy atom. The largest absolute Gasteiger partial charge is 0.497 e. The number of hydrogen-bond donors (Lipinski definition) is 1. The van der Waals surface area contributed by atoms with Crippen molar-refractivity contribution < 1.29 is 4.74 Å². The summed E-state index contributed by atoms with van der Waals surface area (Å²) < 4.78 is 6.55. The molecule has 0 aromatic heterocycles. The van der Waals surface area contributed by atoms with Crippen molar-refractivity contribution in [1.82, 2.24) is 10.2 Å². The van der Waals surface area contributed by atoms with Crippen molar-refractivity contribution in [3.05, 3.63) is 28.2 Å². The average Bonchev–Trinajstić information content (AvgIpc) is 3.30. The summed E-state index contributed by atoms with van der Waals surface area (Å²) in [5.74, 6) is 1.78. The second-order valence-corrected chi connectivity index (χ2v) is 7.61. The summed E-state index contributed by atoms with van der Waals surface area (Å²) in [4.78, 5) is 2.67. The zero-order valence-electron chi connectivity index (χ0n) is 13.2. The van der Waals surface area contributed by atoms with E-state index >= 15 is 0 Å². The van der Waals surface area contributed by atoms with Crippen molar-refractivity contribution in [2.45, 2.75) is 44.8 Å². The maximum absolute atomic E-state index is 5.38. The van der Waals surface area contributed by atoms with E-state index in [1.807, 2.05) is 6.07 Å². The lowest BCUT2D eigenvalue weighted by atomic mass is 9.89. The molecule has 21 heavy (non-hydrogen) atoms. The molecule has 1 heterocycles. The predicted octanol–water partition coefficient (Wildman–Crippen LogP) is 3.42. The Morgan fingerprint density at radius 2 is 2.19 bits per heavy atom. The van der Waals surface area contributed by atoms with Crippen LogP contribution in [0.3, 0.4) is 0 Å². The van der Waals surface area contributed by atoms with E-state index in [-0.39, 0.29) is 5.54 Å². The molecule has 2 atom stereocenters. The number of hydrogen-bond acceptors (Lipinski definition) is 3. The summed E-state index contributed by atoms with van der Waals surface area (Å²) in [6.07, 6.45) is 2.75. The van der Waals surface area contributed by atoms with Crippen LogP contribution in [0.2, 0.25) is 0 Å². The molecule has 116 valence electrons. The number of methoxy groups -OCH3 is 1. The minimum atomic E-state index is 0.287. The number of rotatable bonds is 4. The van der Waals surface area contributed by atoms with Gasteiger partial charge in [-0.1, -0.05) is 15.9 Å². The maximum Gasteiger partial charge on any atom is 0.119 e. The third-order valence-electron chi connectivity index (χ3n) is 5.10. The Morgan fingerprint density at radius 3 is 2.86 bits per heavy atom. The van der Waals surface area contributed by atoms with E-state index in [9.17, 15) is 0 Å². The van der Waals surface area contributed by atoms with E-state index in [2.05, 4.69) is 52.1 Å². The molecule has 4 heteroatoms. The Kier molecular flexibility index (Phi) is 4.30. The van der Waals surface area contributed by atoms with Crippen molar-refractivity contribution >= 4 is 15.9 Å². The van der Waals surface area contributed by atoms with Gasteiger partial charge in [0.05, 0.1) is 7.11 Å². The first kappa shape index (κ1) is 15.3. The highest BCUT2D eigenvalue weighted by Gasteiger charge is 2.47. The lowest BCUT2D eigenvalue weighted by molar-refractivity contribution is 0.0310. The standard InChI is InChI=1S/C17H25BrN2O/c1-12-9-20(17(2,11-19-12)14-4-5-14)10-13-8-15(21-3)6-7-16(13)18/h6-8,12,14,19H,4-5,9-11H2,1-3H3. The van der Waals surface area contributed by atoms with Gasteiger partial charge in [-0.2, -0.15) is 0 Å². The van der Waals surface area contributed by atoms with Crippen LogP contribution in [0.4, 0.5) is 0 Å². The van der Waals surface area contributed by atoms with Gasteiger partial charge in [0.1, 0.15) is 5.75 Å². The fraction of sp³-hybridized carbons (Fsp3) is 0.647. The topological polar surface area (TPSA) is 24.5 Å². The van der Waals surface area contributed by atoms with E-state index in [1.165, 1.54) is 22.9 Å². The summed E-state index contributed by atoms with van der Waals surface area (Å²) in [5.41, 5.74) is 1.60. The molecule has 1 N–H and O–H groups in total. The van der Waals surface area contributed by atoms with Crippen molar-refractivity contribution in [2.75, 3.05) is 20.2 Å². The van der Waals surface area contributed by atoms with Crippen molar-refractivity contribution in [2.24, 2.45) is 5.92 Å². The van der Waals surface area contributed by atoms with Gasteiger partial charge in [-0.25, -0.2) is 0 Å². The summed E-state index contributed by atoms with van der Waals surface area (Å²) in [7, 11) is 1.73. The minimum absolute atomic E-state index is 0.287. The van der Waals surface area contributed by atoms with Gasteiger partial charge in [-0.3, -0.25) is 4.90 Å². The first-order valence-electron chi connectivity index (χ1n) is 7.84. The van der Waals surface area contributed by atoms with E-state index in [0.29, 0.717) is 6.04 Å². The molecule has 2 unspecified atom stereocenters. The molecule has 2 fully saturated rings. The van der Waals surface area contributed by atoms with Crippen LogP contribution in [0.15, 0.2) is 22.7 Å². The van der Waals surface area contributed by atoms with Gasteiger partial charge in [-0.15, -0.1) is 0 Å². The number of nitrogens with one attached hydrogen (secondary N) is 1. The molecule has 0 spiro atoms. The Bertz CT molecular complexity index is 518. The van der Waals surface area contributed by atoms with Gasteiger partial charge < -0.3 is 10.1 Å². The van der Waals surface area contributed by atoms with Gasteiger partial charge in [0.25, 0.3) is 0 Å². The molecular formula is C17H25BrN2O. The zero-order valence-corrected chi connectivity index (χ0v) is 14.7. The molecule has 0 bridgehead atoms. The van der Waals surface area contributed by atoms with Crippen molar-refractivity contribution in [1.29, 1.82) is 0 Å². The van der Waals surface area contributed by atoms with Gasteiger partial charge >= 0.3 is 0 Å². The quantitative estimate of drug-likeness (QED) is 0.898. The molecule has 2 aliphatic rings. The SMILES string of the molecule is COc1ccc(Br)c(CN2CC(C)NCC2(C)C2CC2)c1. The monoisotopic (exact) mass is 352 g/mol. The summed E-state index contributed by atoms with van der Waals surface area (Å²) in [5, 5.41) is 3.67. The van der Waals surface area contributed by atoms with Crippen LogP contribution >= 0.6 is 15.9 Å². The highest BCUT2D eigenvalue weighted by Crippen LogP contribution is 2.44. The molecule has 0 radical (unpaired) electrons. The van der Waals surface area contributed by atoms with Crippen molar-refractivity contribution in [3.63, 3.8) is 0 Å². The van der Waals surface area contributed by atoms with Gasteiger partial charge in [0.2, 0.25) is 0 Å². The van der Waals surface area contributed by atoms with Crippen LogP contribution in [-0.4, -0.2) is 36.7 Å². The zero-order chi connectivity index (χ0) is 15.0. The van der Waals surface area contributed by atoms with Gasteiger partial charge in [0.15, 0.2) is 0 Å². The molecule has 3 rings (SSSR count). The number of ether oxygens (including phenoxy) is 1. The number of benzene rings is 1. The van der Waals surface area contributed by atoms with E-state index in [4.69, 9.17) is 4.74 Å². The Hall–Kier alpha value is -0.580. The number of piperazine rings is 1.